The quantitative estimate of drug-likeness (QED) is 0.583. The van der Waals surface area contributed by atoms with E-state index in [9.17, 15) is 0 Å². The van der Waals surface area contributed by atoms with Crippen LogP contribution in [-0.2, 0) is 0 Å². The van der Waals surface area contributed by atoms with Crippen LogP contribution in [0.4, 0.5) is 0 Å². The number of allylic oxidation sites excluding steroid dienone is 4. The van der Waals surface area contributed by atoms with Gasteiger partial charge in [0.2, 0.25) is 0 Å². The van der Waals surface area contributed by atoms with Crippen LogP contribution in [0, 0.1) is 5.92 Å². The Balaban J connectivity index is 4.06. The summed E-state index contributed by atoms with van der Waals surface area (Å²) >= 11 is 0. The average Bonchev–Trinajstić information content (AvgIpc) is 2.22. The Kier molecular flexibility index (Phi) is 8.25. The molecule has 0 rings (SSSR count). The van der Waals surface area contributed by atoms with Gasteiger partial charge in [-0.15, -0.1) is 0 Å². The molecule has 1 N–H and O–H groups in total. The van der Waals surface area contributed by atoms with Gasteiger partial charge in [0, 0.05) is 0 Å². The highest BCUT2D eigenvalue weighted by atomic mass is 14.8. The highest BCUT2D eigenvalue weighted by Crippen LogP contribution is 2.19. The van der Waals surface area contributed by atoms with Crippen molar-refractivity contribution in [2.75, 3.05) is 13.6 Å². The number of rotatable bonds is 8. The van der Waals surface area contributed by atoms with E-state index in [2.05, 4.69) is 31.5 Å². The van der Waals surface area contributed by atoms with E-state index in [1.165, 1.54) is 18.4 Å². The zero-order chi connectivity index (χ0) is 10.8. The molecule has 0 aliphatic carbocycles. The SMILES string of the molecule is C=C/C=C(\C=C)CC(CC)CCNC. The van der Waals surface area contributed by atoms with Crippen molar-refractivity contribution in [2.45, 2.75) is 26.2 Å². The molecule has 0 fully saturated rings. The molecular formula is C13H23N. The monoisotopic (exact) mass is 193 g/mol. The lowest BCUT2D eigenvalue weighted by atomic mass is 9.93. The minimum atomic E-state index is 0.756. The van der Waals surface area contributed by atoms with Crippen LogP contribution in [0.5, 0.6) is 0 Å². The van der Waals surface area contributed by atoms with Gasteiger partial charge in [-0.2, -0.15) is 0 Å². The molecule has 0 heterocycles. The predicted octanol–water partition coefficient (Wildman–Crippen LogP) is 3.31. The summed E-state index contributed by atoms with van der Waals surface area (Å²) in [7, 11) is 2.00. The summed E-state index contributed by atoms with van der Waals surface area (Å²) in [5.74, 6) is 0.756. The van der Waals surface area contributed by atoms with Crippen molar-refractivity contribution in [3.8, 4) is 0 Å². The van der Waals surface area contributed by atoms with Crippen molar-refractivity contribution >= 4 is 0 Å². The van der Waals surface area contributed by atoms with Crippen molar-refractivity contribution in [3.63, 3.8) is 0 Å². The van der Waals surface area contributed by atoms with Gasteiger partial charge in [-0.05, 0) is 37.9 Å². The van der Waals surface area contributed by atoms with Crippen molar-refractivity contribution in [1.82, 2.24) is 5.32 Å². The number of hydrogen-bond acceptors (Lipinski definition) is 1. The van der Waals surface area contributed by atoms with Crippen LogP contribution in [0.1, 0.15) is 26.2 Å². The van der Waals surface area contributed by atoms with Crippen molar-refractivity contribution < 1.29 is 0 Å². The predicted molar refractivity (Wildman–Crippen MR) is 65.4 cm³/mol. The Hall–Kier alpha value is -0.820. The van der Waals surface area contributed by atoms with E-state index in [0.29, 0.717) is 0 Å². The number of nitrogens with one attached hydrogen (secondary N) is 1. The second-order valence-electron chi connectivity index (χ2n) is 3.55. The van der Waals surface area contributed by atoms with Gasteiger partial charge in [0.25, 0.3) is 0 Å². The van der Waals surface area contributed by atoms with E-state index in [0.717, 1.165) is 18.9 Å². The molecule has 0 aromatic carbocycles. The molecule has 0 saturated heterocycles. The van der Waals surface area contributed by atoms with Crippen molar-refractivity contribution in [3.05, 3.63) is 37.0 Å². The second-order valence-corrected chi connectivity index (χ2v) is 3.55. The van der Waals surface area contributed by atoms with Crippen molar-refractivity contribution in [1.29, 1.82) is 0 Å². The maximum absolute atomic E-state index is 3.82. The highest BCUT2D eigenvalue weighted by Gasteiger charge is 2.06. The molecule has 1 heteroatoms. The summed E-state index contributed by atoms with van der Waals surface area (Å²) in [6.07, 6.45) is 9.40. The van der Waals surface area contributed by atoms with Gasteiger partial charge in [0.05, 0.1) is 0 Å². The van der Waals surface area contributed by atoms with Gasteiger partial charge >= 0.3 is 0 Å². The molecule has 0 aliphatic heterocycles. The minimum absolute atomic E-state index is 0.756. The van der Waals surface area contributed by atoms with E-state index in [1.54, 1.807) is 0 Å². The van der Waals surface area contributed by atoms with Crippen LogP contribution in [0.2, 0.25) is 0 Å². The van der Waals surface area contributed by atoms with Gasteiger partial charge in [-0.3, -0.25) is 0 Å². The molecule has 0 amide bonds. The smallest absolute Gasteiger partial charge is 0.00492 e. The Morgan fingerprint density at radius 2 is 2.14 bits per heavy atom. The van der Waals surface area contributed by atoms with E-state index in [4.69, 9.17) is 0 Å². The summed E-state index contributed by atoms with van der Waals surface area (Å²) in [5.41, 5.74) is 1.29. The summed E-state index contributed by atoms with van der Waals surface area (Å²) in [4.78, 5) is 0. The van der Waals surface area contributed by atoms with Gasteiger partial charge in [0.15, 0.2) is 0 Å². The van der Waals surface area contributed by atoms with Gasteiger partial charge in [-0.25, -0.2) is 0 Å². The fraction of sp³-hybridized carbons (Fsp3) is 0.538. The van der Waals surface area contributed by atoms with Crippen LogP contribution in [0.3, 0.4) is 0 Å². The molecule has 0 aromatic rings. The summed E-state index contributed by atoms with van der Waals surface area (Å²) in [6.45, 7) is 10.9. The normalized spacial score (nSPS) is 13.7. The lowest BCUT2D eigenvalue weighted by Gasteiger charge is -2.14. The van der Waals surface area contributed by atoms with E-state index >= 15 is 0 Å². The maximum Gasteiger partial charge on any atom is -0.00492 e. The molecule has 0 radical (unpaired) electrons. The third-order valence-corrected chi connectivity index (χ3v) is 2.50. The third-order valence-electron chi connectivity index (χ3n) is 2.50. The standard InChI is InChI=1S/C13H23N/c1-5-8-12(6-2)11-13(7-3)9-10-14-4/h5-6,8,13-14H,1-2,7,9-11H2,3-4H3/b12-8+. The van der Waals surface area contributed by atoms with Crippen LogP contribution in [0.25, 0.3) is 0 Å². The topological polar surface area (TPSA) is 12.0 Å². The zero-order valence-electron chi connectivity index (χ0n) is 9.55. The molecule has 80 valence electrons. The van der Waals surface area contributed by atoms with Crippen LogP contribution in [0.15, 0.2) is 37.0 Å². The molecular weight excluding hydrogens is 170 g/mol. The van der Waals surface area contributed by atoms with E-state index in [1.807, 2.05) is 19.2 Å². The van der Waals surface area contributed by atoms with Crippen LogP contribution in [-0.4, -0.2) is 13.6 Å². The fourth-order valence-electron chi connectivity index (χ4n) is 1.50. The molecule has 1 unspecified atom stereocenters. The third kappa shape index (κ3) is 5.76. The first-order valence-electron chi connectivity index (χ1n) is 5.37. The molecule has 0 aromatic heterocycles. The molecule has 1 atom stereocenters. The second kappa shape index (κ2) is 8.76. The van der Waals surface area contributed by atoms with Crippen LogP contribution >= 0.6 is 0 Å². The summed E-state index contributed by atoms with van der Waals surface area (Å²) in [6, 6.07) is 0. The lowest BCUT2D eigenvalue weighted by molar-refractivity contribution is 0.460. The van der Waals surface area contributed by atoms with Gasteiger partial charge in [-0.1, -0.05) is 44.7 Å². The molecule has 0 spiro atoms. The first-order valence-corrected chi connectivity index (χ1v) is 5.37. The Bertz CT molecular complexity index is 191. The first-order chi connectivity index (χ1) is 6.78. The minimum Gasteiger partial charge on any atom is -0.320 e. The van der Waals surface area contributed by atoms with Gasteiger partial charge < -0.3 is 5.32 Å². The molecule has 0 bridgehead atoms. The van der Waals surface area contributed by atoms with E-state index < -0.39 is 0 Å². The lowest BCUT2D eigenvalue weighted by Crippen LogP contribution is -2.13. The Morgan fingerprint density at radius 1 is 1.43 bits per heavy atom. The van der Waals surface area contributed by atoms with Crippen LogP contribution < -0.4 is 5.32 Å². The number of hydrogen-bond donors (Lipinski definition) is 1. The molecule has 1 nitrogen and oxygen atoms in total. The average molecular weight is 193 g/mol. The Labute approximate surface area is 88.6 Å². The fourth-order valence-corrected chi connectivity index (χ4v) is 1.50. The maximum atomic E-state index is 3.82. The largest absolute Gasteiger partial charge is 0.320 e. The van der Waals surface area contributed by atoms with Crippen molar-refractivity contribution in [2.24, 2.45) is 5.92 Å². The first kappa shape index (κ1) is 13.2. The highest BCUT2D eigenvalue weighted by molar-refractivity contribution is 5.21. The zero-order valence-corrected chi connectivity index (χ0v) is 9.55. The molecule has 0 aliphatic rings. The Morgan fingerprint density at radius 3 is 2.57 bits per heavy atom. The summed E-state index contributed by atoms with van der Waals surface area (Å²) < 4.78 is 0. The molecule has 14 heavy (non-hydrogen) atoms. The molecule has 0 saturated carbocycles. The van der Waals surface area contributed by atoms with Gasteiger partial charge in [0.1, 0.15) is 0 Å². The van der Waals surface area contributed by atoms with E-state index in [-0.39, 0.29) is 0 Å². The summed E-state index contributed by atoms with van der Waals surface area (Å²) in [5, 5.41) is 3.19.